The van der Waals surface area contributed by atoms with Crippen LogP contribution in [0.2, 0.25) is 0 Å². The van der Waals surface area contributed by atoms with Gasteiger partial charge >= 0.3 is 0 Å². The van der Waals surface area contributed by atoms with Gasteiger partial charge < -0.3 is 14.9 Å². The maximum atomic E-state index is 11.7. The average molecular weight is 276 g/mol. The van der Waals surface area contributed by atoms with E-state index in [9.17, 15) is 15.0 Å². The molecule has 1 saturated heterocycles. The highest BCUT2D eigenvalue weighted by Gasteiger charge is 2.74. The van der Waals surface area contributed by atoms with Gasteiger partial charge in [-0.1, -0.05) is 6.92 Å². The summed E-state index contributed by atoms with van der Waals surface area (Å²) in [4.78, 5) is 11.7. The second-order valence-electron chi connectivity index (χ2n) is 6.92. The zero-order chi connectivity index (χ0) is 14.2. The Morgan fingerprint density at radius 1 is 1.45 bits per heavy atom. The molecule has 108 valence electrons. The van der Waals surface area contributed by atoms with Crippen LogP contribution in [-0.2, 0) is 9.53 Å². The molecule has 0 unspecified atom stereocenters. The first-order valence-corrected chi connectivity index (χ1v) is 7.42. The molecule has 5 atom stereocenters. The summed E-state index contributed by atoms with van der Waals surface area (Å²) in [7, 11) is 0. The molecule has 2 saturated carbocycles. The molecule has 3 fully saturated rings. The molecule has 0 aromatic heterocycles. The highest BCUT2D eigenvalue weighted by Crippen LogP contribution is 2.69. The Labute approximate surface area is 118 Å². The van der Waals surface area contributed by atoms with Crippen molar-refractivity contribution in [3.05, 3.63) is 23.8 Å². The summed E-state index contributed by atoms with van der Waals surface area (Å²) in [5, 5.41) is 20.4. The maximum Gasteiger partial charge on any atom is 0.178 e. The van der Waals surface area contributed by atoms with Crippen LogP contribution >= 0.6 is 0 Å². The summed E-state index contributed by atoms with van der Waals surface area (Å²) < 4.78 is 6.39. The lowest BCUT2D eigenvalue weighted by molar-refractivity contribution is -0.162. The number of allylic oxidation sites excluding steroid dienone is 2. The third kappa shape index (κ3) is 1.14. The number of rotatable bonds is 1. The van der Waals surface area contributed by atoms with Crippen LogP contribution in [-0.4, -0.2) is 39.9 Å². The van der Waals surface area contributed by atoms with Crippen molar-refractivity contribution < 1.29 is 19.7 Å². The second-order valence-corrected chi connectivity index (χ2v) is 6.92. The Kier molecular flexibility index (Phi) is 2.30. The number of hydrogen-bond donors (Lipinski definition) is 2. The van der Waals surface area contributed by atoms with Crippen LogP contribution in [0.15, 0.2) is 23.8 Å². The standard InChI is InChI=1S/C16H20O4/c1-14-6-5-13(19)15(9-17)12(14)3-2-10-8-11(18)4-7-16(10,14)20-15/h4,7-8,12-13,17,19H,2-3,5-6,9H2,1H3/t12-,13-,14-,15+,16-/m0/s1. The van der Waals surface area contributed by atoms with E-state index in [0.29, 0.717) is 6.42 Å². The molecule has 4 heteroatoms. The average Bonchev–Trinajstić information content (AvgIpc) is 2.54. The molecule has 0 aromatic carbocycles. The van der Waals surface area contributed by atoms with Gasteiger partial charge in [-0.3, -0.25) is 4.79 Å². The smallest absolute Gasteiger partial charge is 0.178 e. The number of aliphatic hydroxyl groups excluding tert-OH is 2. The van der Waals surface area contributed by atoms with Crippen molar-refractivity contribution in [2.75, 3.05) is 6.61 Å². The minimum atomic E-state index is -0.868. The Morgan fingerprint density at radius 2 is 2.25 bits per heavy atom. The van der Waals surface area contributed by atoms with Crippen molar-refractivity contribution in [1.82, 2.24) is 0 Å². The highest BCUT2D eigenvalue weighted by molar-refractivity contribution is 6.01. The van der Waals surface area contributed by atoms with Gasteiger partial charge in [-0.25, -0.2) is 0 Å². The first-order valence-electron chi connectivity index (χ1n) is 7.42. The highest BCUT2D eigenvalue weighted by atomic mass is 16.6. The van der Waals surface area contributed by atoms with Crippen LogP contribution in [0.4, 0.5) is 0 Å². The van der Waals surface area contributed by atoms with Crippen molar-refractivity contribution in [3.63, 3.8) is 0 Å². The molecule has 0 aromatic rings. The number of carbonyl (C=O) groups excluding carboxylic acids is 1. The zero-order valence-corrected chi connectivity index (χ0v) is 11.6. The fraction of sp³-hybridized carbons (Fsp3) is 0.688. The maximum absolute atomic E-state index is 11.7. The Balaban J connectivity index is 1.95. The molecular weight excluding hydrogens is 256 g/mol. The van der Waals surface area contributed by atoms with Crippen LogP contribution in [0.3, 0.4) is 0 Å². The fourth-order valence-electron chi connectivity index (χ4n) is 5.29. The number of aliphatic hydroxyl groups is 2. The lowest BCUT2D eigenvalue weighted by Gasteiger charge is -2.51. The third-order valence-corrected chi connectivity index (χ3v) is 6.28. The van der Waals surface area contributed by atoms with Gasteiger partial charge in [0.1, 0.15) is 11.2 Å². The lowest BCUT2D eigenvalue weighted by Crippen LogP contribution is -2.57. The first kappa shape index (κ1) is 12.7. The van der Waals surface area contributed by atoms with Gasteiger partial charge in [-0.05, 0) is 49.5 Å². The Morgan fingerprint density at radius 3 is 3.00 bits per heavy atom. The lowest BCUT2D eigenvalue weighted by atomic mass is 9.50. The van der Waals surface area contributed by atoms with E-state index in [1.54, 1.807) is 12.2 Å². The number of ketones is 1. The Hall–Kier alpha value is -0.970. The molecule has 1 heterocycles. The monoisotopic (exact) mass is 276 g/mol. The molecule has 1 spiro atoms. The molecule has 4 bridgehead atoms. The van der Waals surface area contributed by atoms with Crippen LogP contribution in [0.5, 0.6) is 0 Å². The molecular formula is C16H20O4. The predicted molar refractivity (Wildman–Crippen MR) is 71.9 cm³/mol. The predicted octanol–water partition coefficient (Wildman–Crippen LogP) is 1.12. The van der Waals surface area contributed by atoms with Gasteiger partial charge in [0.25, 0.3) is 0 Å². The van der Waals surface area contributed by atoms with E-state index in [-0.39, 0.29) is 23.7 Å². The quantitative estimate of drug-likeness (QED) is 0.753. The molecule has 4 rings (SSSR count). The summed E-state index contributed by atoms with van der Waals surface area (Å²) in [5.41, 5.74) is -0.596. The van der Waals surface area contributed by atoms with E-state index in [1.165, 1.54) is 0 Å². The third-order valence-electron chi connectivity index (χ3n) is 6.28. The first-order chi connectivity index (χ1) is 9.48. The molecule has 4 aliphatic rings. The van der Waals surface area contributed by atoms with E-state index in [2.05, 4.69) is 6.92 Å². The van der Waals surface area contributed by atoms with Gasteiger partial charge in [0.2, 0.25) is 0 Å². The van der Waals surface area contributed by atoms with Crippen LogP contribution in [0.25, 0.3) is 0 Å². The van der Waals surface area contributed by atoms with Gasteiger partial charge in [0.15, 0.2) is 5.78 Å². The van der Waals surface area contributed by atoms with E-state index < -0.39 is 17.3 Å². The molecule has 0 amide bonds. The zero-order valence-electron chi connectivity index (χ0n) is 11.6. The molecule has 1 aliphatic heterocycles. The SMILES string of the molecule is C[C@@]12CC[C@H](O)[C@]3(CO)O[C@]14C=CC(=O)C=C4CC[C@H]32. The molecule has 20 heavy (non-hydrogen) atoms. The van der Waals surface area contributed by atoms with Crippen molar-refractivity contribution in [3.8, 4) is 0 Å². The largest absolute Gasteiger partial charge is 0.393 e. The van der Waals surface area contributed by atoms with Crippen LogP contribution in [0, 0.1) is 11.3 Å². The normalized spacial score (nSPS) is 52.8. The molecule has 3 aliphatic carbocycles. The second kappa shape index (κ2) is 3.62. The summed E-state index contributed by atoms with van der Waals surface area (Å²) >= 11 is 0. The number of ether oxygens (including phenoxy) is 1. The minimum Gasteiger partial charge on any atom is -0.393 e. The Bertz CT molecular complexity index is 551. The van der Waals surface area contributed by atoms with Crippen molar-refractivity contribution >= 4 is 5.78 Å². The topological polar surface area (TPSA) is 66.8 Å². The molecule has 0 radical (unpaired) electrons. The van der Waals surface area contributed by atoms with Crippen molar-refractivity contribution in [1.29, 1.82) is 0 Å². The summed E-state index contributed by atoms with van der Waals surface area (Å²) in [5.74, 6) is 0.148. The molecule has 2 N–H and O–H groups in total. The van der Waals surface area contributed by atoms with E-state index in [1.807, 2.05) is 6.08 Å². The summed E-state index contributed by atoms with van der Waals surface area (Å²) in [6.45, 7) is 2.03. The van der Waals surface area contributed by atoms with Crippen molar-refractivity contribution in [2.24, 2.45) is 11.3 Å². The van der Waals surface area contributed by atoms with Crippen molar-refractivity contribution in [2.45, 2.75) is 49.9 Å². The minimum absolute atomic E-state index is 0.0105. The van der Waals surface area contributed by atoms with E-state index in [0.717, 1.165) is 24.8 Å². The van der Waals surface area contributed by atoms with Gasteiger partial charge in [-0.2, -0.15) is 0 Å². The van der Waals surface area contributed by atoms with E-state index in [4.69, 9.17) is 4.74 Å². The molecule has 4 nitrogen and oxygen atoms in total. The van der Waals surface area contributed by atoms with Gasteiger partial charge in [-0.15, -0.1) is 0 Å². The van der Waals surface area contributed by atoms with E-state index >= 15 is 0 Å². The van der Waals surface area contributed by atoms with Gasteiger partial charge in [0.05, 0.1) is 12.7 Å². The number of carbonyl (C=O) groups is 1. The van der Waals surface area contributed by atoms with Crippen LogP contribution < -0.4 is 0 Å². The number of hydrogen-bond acceptors (Lipinski definition) is 4. The summed E-state index contributed by atoms with van der Waals surface area (Å²) in [6, 6.07) is 0. The fourth-order valence-corrected chi connectivity index (χ4v) is 5.29. The van der Waals surface area contributed by atoms with Crippen LogP contribution in [0.1, 0.15) is 32.6 Å². The van der Waals surface area contributed by atoms with Gasteiger partial charge in [0, 0.05) is 11.3 Å². The summed E-state index contributed by atoms with van der Waals surface area (Å²) in [6.07, 6.45) is 7.70.